The molecule has 0 aliphatic rings. The van der Waals surface area contributed by atoms with Gasteiger partial charge < -0.3 is 5.32 Å². The summed E-state index contributed by atoms with van der Waals surface area (Å²) in [5.41, 5.74) is 5.07. The first-order valence-electron chi connectivity index (χ1n) is 6.96. The van der Waals surface area contributed by atoms with E-state index >= 15 is 0 Å². The second kappa shape index (κ2) is 6.71. The highest BCUT2D eigenvalue weighted by Gasteiger charge is 2.09. The van der Waals surface area contributed by atoms with Crippen molar-refractivity contribution >= 4 is 17.2 Å². The van der Waals surface area contributed by atoms with Crippen LogP contribution in [0.5, 0.6) is 0 Å². The van der Waals surface area contributed by atoms with Gasteiger partial charge in [-0.15, -0.1) is 11.3 Å². The highest BCUT2D eigenvalue weighted by molar-refractivity contribution is 7.12. The maximum Gasteiger partial charge on any atom is 0.261 e. The van der Waals surface area contributed by atoms with Crippen molar-refractivity contribution in [1.29, 1.82) is 0 Å². The fourth-order valence-electron chi connectivity index (χ4n) is 2.29. The van der Waals surface area contributed by atoms with Gasteiger partial charge in [-0.2, -0.15) is 0 Å². The molecular weight excluding hydrogens is 266 g/mol. The third kappa shape index (κ3) is 3.70. The summed E-state index contributed by atoms with van der Waals surface area (Å²) >= 11 is 1.50. The molecule has 0 spiro atoms. The highest BCUT2D eigenvalue weighted by Crippen LogP contribution is 2.15. The van der Waals surface area contributed by atoms with Crippen LogP contribution in [0.25, 0.3) is 0 Å². The standard InChI is InChI=1S/C17H21NOS/c1-12-6-7-15(14(3)11-12)5-4-9-18-17(19)16-13(2)8-10-20-16/h6-8,10-11H,4-5,9H2,1-3H3,(H,18,19). The van der Waals surface area contributed by atoms with Crippen LogP contribution in [0.1, 0.15) is 38.3 Å². The summed E-state index contributed by atoms with van der Waals surface area (Å²) in [5.74, 6) is 0.0538. The molecule has 0 aliphatic heterocycles. The van der Waals surface area contributed by atoms with Gasteiger partial charge in [0.05, 0.1) is 4.88 Å². The van der Waals surface area contributed by atoms with Crippen molar-refractivity contribution in [3.63, 3.8) is 0 Å². The Morgan fingerprint density at radius 3 is 2.60 bits per heavy atom. The molecule has 0 atom stereocenters. The SMILES string of the molecule is Cc1ccc(CCCNC(=O)c2sccc2C)c(C)c1. The molecule has 1 heterocycles. The van der Waals surface area contributed by atoms with Gasteiger partial charge in [0, 0.05) is 6.54 Å². The molecule has 0 unspecified atom stereocenters. The summed E-state index contributed by atoms with van der Waals surface area (Å²) in [6.07, 6.45) is 1.98. The Labute approximate surface area is 124 Å². The lowest BCUT2D eigenvalue weighted by Crippen LogP contribution is -2.24. The maximum atomic E-state index is 11.9. The maximum absolute atomic E-state index is 11.9. The first-order valence-corrected chi connectivity index (χ1v) is 7.84. The zero-order chi connectivity index (χ0) is 14.5. The van der Waals surface area contributed by atoms with Crippen molar-refractivity contribution in [3.05, 3.63) is 56.8 Å². The number of carbonyl (C=O) groups excluding carboxylic acids is 1. The van der Waals surface area contributed by atoms with Crippen LogP contribution in [-0.4, -0.2) is 12.5 Å². The molecule has 0 radical (unpaired) electrons. The highest BCUT2D eigenvalue weighted by atomic mass is 32.1. The van der Waals surface area contributed by atoms with E-state index in [0.717, 1.165) is 29.8 Å². The lowest BCUT2D eigenvalue weighted by atomic mass is 10.0. The number of carbonyl (C=O) groups is 1. The number of amides is 1. The van der Waals surface area contributed by atoms with E-state index in [1.807, 2.05) is 18.4 Å². The predicted molar refractivity (Wildman–Crippen MR) is 85.6 cm³/mol. The monoisotopic (exact) mass is 287 g/mol. The molecule has 2 rings (SSSR count). The van der Waals surface area contributed by atoms with Crippen molar-refractivity contribution in [2.45, 2.75) is 33.6 Å². The van der Waals surface area contributed by atoms with Gasteiger partial charge in [-0.3, -0.25) is 4.79 Å². The van der Waals surface area contributed by atoms with Crippen LogP contribution in [0.15, 0.2) is 29.6 Å². The van der Waals surface area contributed by atoms with Crippen molar-refractivity contribution in [2.75, 3.05) is 6.54 Å². The summed E-state index contributed by atoms with van der Waals surface area (Å²) in [7, 11) is 0. The number of benzene rings is 1. The van der Waals surface area contributed by atoms with Crippen LogP contribution in [0.2, 0.25) is 0 Å². The molecule has 1 aromatic carbocycles. The van der Waals surface area contributed by atoms with E-state index in [4.69, 9.17) is 0 Å². The molecule has 20 heavy (non-hydrogen) atoms. The van der Waals surface area contributed by atoms with Crippen LogP contribution in [0.4, 0.5) is 0 Å². The first kappa shape index (κ1) is 14.8. The zero-order valence-corrected chi connectivity index (χ0v) is 13.1. The van der Waals surface area contributed by atoms with Gasteiger partial charge in [-0.05, 0) is 61.7 Å². The number of nitrogens with one attached hydrogen (secondary N) is 1. The average molecular weight is 287 g/mol. The molecule has 2 aromatic rings. The second-order valence-electron chi connectivity index (χ2n) is 5.22. The summed E-state index contributed by atoms with van der Waals surface area (Å²) in [4.78, 5) is 12.8. The summed E-state index contributed by atoms with van der Waals surface area (Å²) in [5, 5.41) is 4.96. The zero-order valence-electron chi connectivity index (χ0n) is 12.3. The number of hydrogen-bond donors (Lipinski definition) is 1. The molecule has 2 nitrogen and oxygen atoms in total. The van der Waals surface area contributed by atoms with Crippen LogP contribution in [-0.2, 0) is 6.42 Å². The van der Waals surface area contributed by atoms with Crippen molar-refractivity contribution in [2.24, 2.45) is 0 Å². The normalized spacial score (nSPS) is 10.6. The van der Waals surface area contributed by atoms with Crippen molar-refractivity contribution < 1.29 is 4.79 Å². The molecular formula is C17H21NOS. The van der Waals surface area contributed by atoms with Gasteiger partial charge in [0.2, 0.25) is 0 Å². The van der Waals surface area contributed by atoms with Crippen LogP contribution >= 0.6 is 11.3 Å². The molecule has 0 aliphatic carbocycles. The average Bonchev–Trinajstić information content (AvgIpc) is 2.83. The number of thiophene rings is 1. The van der Waals surface area contributed by atoms with E-state index in [9.17, 15) is 4.79 Å². The molecule has 1 N–H and O–H groups in total. The van der Waals surface area contributed by atoms with Gasteiger partial charge in [-0.25, -0.2) is 0 Å². The number of hydrogen-bond acceptors (Lipinski definition) is 2. The van der Waals surface area contributed by atoms with Gasteiger partial charge >= 0.3 is 0 Å². The van der Waals surface area contributed by atoms with Gasteiger partial charge in [-0.1, -0.05) is 23.8 Å². The molecule has 0 fully saturated rings. The van der Waals surface area contributed by atoms with E-state index < -0.39 is 0 Å². The quantitative estimate of drug-likeness (QED) is 0.826. The molecule has 0 saturated heterocycles. The van der Waals surface area contributed by atoms with Crippen LogP contribution in [0, 0.1) is 20.8 Å². The molecule has 106 valence electrons. The molecule has 1 aromatic heterocycles. The van der Waals surface area contributed by atoms with Crippen LogP contribution < -0.4 is 5.32 Å². The van der Waals surface area contributed by atoms with E-state index in [0.29, 0.717) is 0 Å². The van der Waals surface area contributed by atoms with Gasteiger partial charge in [0.25, 0.3) is 5.91 Å². The third-order valence-corrected chi connectivity index (χ3v) is 4.49. The predicted octanol–water partition coefficient (Wildman–Crippen LogP) is 4.04. The Kier molecular flexibility index (Phi) is 4.96. The minimum atomic E-state index is 0.0538. The molecule has 0 saturated carbocycles. The Bertz CT molecular complexity index is 601. The van der Waals surface area contributed by atoms with Crippen molar-refractivity contribution in [3.8, 4) is 0 Å². The fraction of sp³-hybridized carbons (Fsp3) is 0.353. The largest absolute Gasteiger partial charge is 0.351 e. The van der Waals surface area contributed by atoms with E-state index in [2.05, 4.69) is 37.4 Å². The Hall–Kier alpha value is -1.61. The molecule has 0 bridgehead atoms. The number of aryl methyl sites for hydroxylation is 4. The van der Waals surface area contributed by atoms with E-state index in [-0.39, 0.29) is 5.91 Å². The topological polar surface area (TPSA) is 29.1 Å². The minimum absolute atomic E-state index is 0.0538. The van der Waals surface area contributed by atoms with Crippen molar-refractivity contribution in [1.82, 2.24) is 5.32 Å². The lowest BCUT2D eigenvalue weighted by Gasteiger charge is -2.08. The second-order valence-corrected chi connectivity index (χ2v) is 6.14. The summed E-state index contributed by atoms with van der Waals surface area (Å²) in [6, 6.07) is 8.53. The van der Waals surface area contributed by atoms with Gasteiger partial charge in [0.1, 0.15) is 0 Å². The van der Waals surface area contributed by atoms with E-state index in [1.54, 1.807) is 0 Å². The lowest BCUT2D eigenvalue weighted by molar-refractivity contribution is 0.0957. The van der Waals surface area contributed by atoms with E-state index in [1.165, 1.54) is 28.0 Å². The Morgan fingerprint density at radius 1 is 1.15 bits per heavy atom. The Balaban J connectivity index is 1.79. The summed E-state index contributed by atoms with van der Waals surface area (Å²) < 4.78 is 0. The summed E-state index contributed by atoms with van der Waals surface area (Å²) in [6.45, 7) is 6.96. The fourth-order valence-corrected chi connectivity index (χ4v) is 3.13. The smallest absolute Gasteiger partial charge is 0.261 e. The Morgan fingerprint density at radius 2 is 1.95 bits per heavy atom. The van der Waals surface area contributed by atoms with Crippen LogP contribution in [0.3, 0.4) is 0 Å². The first-order chi connectivity index (χ1) is 9.58. The minimum Gasteiger partial charge on any atom is -0.351 e. The van der Waals surface area contributed by atoms with Gasteiger partial charge in [0.15, 0.2) is 0 Å². The third-order valence-electron chi connectivity index (χ3n) is 3.47. The number of rotatable bonds is 5. The molecule has 1 amide bonds. The molecule has 3 heteroatoms.